The summed E-state index contributed by atoms with van der Waals surface area (Å²) in [6.07, 6.45) is 3.75. The zero-order valence-corrected chi connectivity index (χ0v) is 9.04. The molecule has 0 aliphatic carbocycles. The molecule has 0 fully saturated rings. The minimum absolute atomic E-state index is 0.665. The highest BCUT2D eigenvalue weighted by molar-refractivity contribution is 5.69. The molecule has 0 radical (unpaired) electrons. The number of hydrogen-bond acceptors (Lipinski definition) is 2. The Labute approximate surface area is 98.6 Å². The molecule has 1 aromatic carbocycles. The molecular weight excluding hydrogens is 210 g/mol. The summed E-state index contributed by atoms with van der Waals surface area (Å²) in [5.74, 6) is 0. The van der Waals surface area contributed by atoms with Gasteiger partial charge in [0.05, 0.1) is 23.5 Å². The van der Waals surface area contributed by atoms with Gasteiger partial charge in [0.1, 0.15) is 5.65 Å². The molecule has 2 aromatic heterocycles. The molecule has 3 aromatic rings. The van der Waals surface area contributed by atoms with Gasteiger partial charge in [0.15, 0.2) is 0 Å². The number of benzene rings is 1. The number of aromatic nitrogens is 2. The van der Waals surface area contributed by atoms with Crippen LogP contribution in [0.5, 0.6) is 0 Å². The molecule has 0 amide bonds. The lowest BCUT2D eigenvalue weighted by atomic mass is 10.1. The maximum Gasteiger partial charge on any atom is 0.137 e. The Hall–Kier alpha value is -2.60. The Balaban J connectivity index is 2.32. The van der Waals surface area contributed by atoms with Crippen LogP contribution in [0.3, 0.4) is 0 Å². The van der Waals surface area contributed by atoms with Crippen molar-refractivity contribution in [3.63, 3.8) is 0 Å². The zero-order chi connectivity index (χ0) is 11.7. The van der Waals surface area contributed by atoms with Crippen LogP contribution in [0.15, 0.2) is 54.9 Å². The van der Waals surface area contributed by atoms with Crippen LogP contribution in [0.1, 0.15) is 5.56 Å². The summed E-state index contributed by atoms with van der Waals surface area (Å²) in [4.78, 5) is 4.32. The van der Waals surface area contributed by atoms with Crippen molar-refractivity contribution >= 4 is 5.65 Å². The largest absolute Gasteiger partial charge is 0.300 e. The fraction of sp³-hybridized carbons (Fsp3) is 0. The molecule has 0 aliphatic heterocycles. The number of nitrogens with zero attached hydrogens (tertiary/aromatic N) is 3. The smallest absolute Gasteiger partial charge is 0.137 e. The van der Waals surface area contributed by atoms with E-state index in [4.69, 9.17) is 5.26 Å². The van der Waals surface area contributed by atoms with Crippen LogP contribution in [0.4, 0.5) is 0 Å². The maximum absolute atomic E-state index is 9.11. The molecular formula is C14H9N3. The van der Waals surface area contributed by atoms with E-state index in [9.17, 15) is 0 Å². The average molecular weight is 219 g/mol. The first-order valence-electron chi connectivity index (χ1n) is 5.32. The monoisotopic (exact) mass is 219 g/mol. The third-order valence-corrected chi connectivity index (χ3v) is 2.74. The van der Waals surface area contributed by atoms with Crippen LogP contribution >= 0.6 is 0 Å². The first-order valence-corrected chi connectivity index (χ1v) is 5.32. The third kappa shape index (κ3) is 1.47. The van der Waals surface area contributed by atoms with Crippen molar-refractivity contribution in [3.05, 3.63) is 60.4 Å². The van der Waals surface area contributed by atoms with Crippen molar-refractivity contribution in [3.8, 4) is 17.3 Å². The lowest BCUT2D eigenvalue weighted by Gasteiger charge is -2.03. The minimum Gasteiger partial charge on any atom is -0.300 e. The quantitative estimate of drug-likeness (QED) is 0.631. The Morgan fingerprint density at radius 1 is 1.06 bits per heavy atom. The maximum atomic E-state index is 9.11. The molecule has 3 heteroatoms. The van der Waals surface area contributed by atoms with Crippen molar-refractivity contribution in [2.45, 2.75) is 0 Å². The summed E-state index contributed by atoms with van der Waals surface area (Å²) in [7, 11) is 0. The van der Waals surface area contributed by atoms with Crippen LogP contribution in [0.2, 0.25) is 0 Å². The van der Waals surface area contributed by atoms with Gasteiger partial charge in [-0.3, -0.25) is 4.40 Å². The molecule has 0 N–H and O–H groups in total. The van der Waals surface area contributed by atoms with E-state index in [0.29, 0.717) is 5.56 Å². The van der Waals surface area contributed by atoms with Crippen LogP contribution in [0.25, 0.3) is 16.9 Å². The van der Waals surface area contributed by atoms with Crippen molar-refractivity contribution in [1.29, 1.82) is 5.26 Å². The van der Waals surface area contributed by atoms with Crippen LogP contribution in [-0.4, -0.2) is 9.38 Å². The second-order valence-corrected chi connectivity index (χ2v) is 3.73. The molecule has 17 heavy (non-hydrogen) atoms. The van der Waals surface area contributed by atoms with E-state index < -0.39 is 0 Å². The zero-order valence-electron chi connectivity index (χ0n) is 9.04. The SMILES string of the molecule is N#Cc1ccccc1-c1cnc2ccccn12. The Bertz CT molecular complexity index is 719. The van der Waals surface area contributed by atoms with Gasteiger partial charge in [0.2, 0.25) is 0 Å². The van der Waals surface area contributed by atoms with Gasteiger partial charge in [-0.1, -0.05) is 24.3 Å². The molecule has 2 heterocycles. The van der Waals surface area contributed by atoms with Crippen LogP contribution in [0, 0.1) is 11.3 Å². The summed E-state index contributed by atoms with van der Waals surface area (Å²) in [5.41, 5.74) is 3.40. The number of rotatable bonds is 1. The first kappa shape index (κ1) is 9.61. The van der Waals surface area contributed by atoms with Crippen molar-refractivity contribution < 1.29 is 0 Å². The van der Waals surface area contributed by atoms with Gasteiger partial charge >= 0.3 is 0 Å². The second kappa shape index (κ2) is 3.76. The predicted octanol–water partition coefficient (Wildman–Crippen LogP) is 2.87. The standard InChI is InChI=1S/C14H9N3/c15-9-11-5-1-2-6-12(11)13-10-16-14-7-3-4-8-17(13)14/h1-8,10H. The topological polar surface area (TPSA) is 41.1 Å². The van der Waals surface area contributed by atoms with Crippen molar-refractivity contribution in [2.24, 2.45) is 0 Å². The summed E-state index contributed by atoms with van der Waals surface area (Å²) < 4.78 is 1.98. The summed E-state index contributed by atoms with van der Waals surface area (Å²) >= 11 is 0. The number of hydrogen-bond donors (Lipinski definition) is 0. The lowest BCUT2D eigenvalue weighted by Crippen LogP contribution is -1.89. The van der Waals surface area contributed by atoms with Crippen molar-refractivity contribution in [2.75, 3.05) is 0 Å². The molecule has 3 rings (SSSR count). The highest BCUT2D eigenvalue weighted by atomic mass is 15.0. The molecule has 0 spiro atoms. The van der Waals surface area contributed by atoms with E-state index in [2.05, 4.69) is 11.1 Å². The highest BCUT2D eigenvalue weighted by Gasteiger charge is 2.08. The molecule has 0 aliphatic rings. The molecule has 3 nitrogen and oxygen atoms in total. The lowest BCUT2D eigenvalue weighted by molar-refractivity contribution is 1.19. The number of imidazole rings is 1. The summed E-state index contributed by atoms with van der Waals surface area (Å²) in [6.45, 7) is 0. The van der Waals surface area contributed by atoms with Gasteiger partial charge in [-0.15, -0.1) is 0 Å². The molecule has 0 bridgehead atoms. The summed E-state index contributed by atoms with van der Waals surface area (Å²) in [6, 6.07) is 15.6. The Kier molecular flexibility index (Phi) is 2.13. The van der Waals surface area contributed by atoms with Gasteiger partial charge in [0.25, 0.3) is 0 Å². The van der Waals surface area contributed by atoms with E-state index in [1.807, 2.05) is 53.1 Å². The Morgan fingerprint density at radius 2 is 1.88 bits per heavy atom. The number of pyridine rings is 1. The molecule has 0 unspecified atom stereocenters. The van der Waals surface area contributed by atoms with Gasteiger partial charge in [-0.25, -0.2) is 4.98 Å². The molecule has 80 valence electrons. The molecule has 0 saturated carbocycles. The summed E-state index contributed by atoms with van der Waals surface area (Å²) in [5, 5.41) is 9.11. The van der Waals surface area contributed by atoms with Gasteiger partial charge < -0.3 is 0 Å². The fourth-order valence-electron chi connectivity index (χ4n) is 1.94. The molecule has 0 atom stereocenters. The number of fused-ring (bicyclic) bond motifs is 1. The van der Waals surface area contributed by atoms with Gasteiger partial charge in [-0.05, 0) is 18.2 Å². The normalized spacial score (nSPS) is 10.3. The average Bonchev–Trinajstić information content (AvgIpc) is 2.82. The van der Waals surface area contributed by atoms with E-state index in [0.717, 1.165) is 16.9 Å². The van der Waals surface area contributed by atoms with Gasteiger partial charge in [-0.2, -0.15) is 5.26 Å². The van der Waals surface area contributed by atoms with Crippen LogP contribution in [-0.2, 0) is 0 Å². The van der Waals surface area contributed by atoms with Crippen molar-refractivity contribution in [1.82, 2.24) is 9.38 Å². The second-order valence-electron chi connectivity index (χ2n) is 3.73. The van der Waals surface area contributed by atoms with E-state index >= 15 is 0 Å². The minimum atomic E-state index is 0.665. The van der Waals surface area contributed by atoms with Gasteiger partial charge in [0, 0.05) is 11.8 Å². The number of nitriles is 1. The Morgan fingerprint density at radius 3 is 2.76 bits per heavy atom. The fourth-order valence-corrected chi connectivity index (χ4v) is 1.94. The third-order valence-electron chi connectivity index (χ3n) is 2.74. The molecule has 0 saturated heterocycles. The van der Waals surface area contributed by atoms with Crippen LogP contribution < -0.4 is 0 Å². The first-order chi connectivity index (χ1) is 8.40. The van der Waals surface area contributed by atoms with E-state index in [1.54, 1.807) is 6.20 Å². The van der Waals surface area contributed by atoms with E-state index in [-0.39, 0.29) is 0 Å². The highest BCUT2D eigenvalue weighted by Crippen LogP contribution is 2.23. The predicted molar refractivity (Wildman–Crippen MR) is 65.3 cm³/mol. The van der Waals surface area contributed by atoms with E-state index in [1.165, 1.54) is 0 Å².